The predicted molar refractivity (Wildman–Crippen MR) is 79.6 cm³/mol. The number of nitrogen functional groups attached to an aromatic ring is 1. The van der Waals surface area contributed by atoms with Crippen molar-refractivity contribution in [2.45, 2.75) is 13.5 Å². The molecule has 4 heteroatoms. The number of aryl methyl sites for hydroxylation is 1. The summed E-state index contributed by atoms with van der Waals surface area (Å²) in [5.41, 5.74) is 10.2. The van der Waals surface area contributed by atoms with Gasteiger partial charge in [-0.1, -0.05) is 22.0 Å². The zero-order chi connectivity index (χ0) is 13.1. The Kier molecular flexibility index (Phi) is 3.87. The molecule has 0 aliphatic heterocycles. The lowest BCUT2D eigenvalue weighted by Gasteiger charge is -2.21. The lowest BCUT2D eigenvalue weighted by atomic mass is 10.2. The van der Waals surface area contributed by atoms with Gasteiger partial charge in [-0.2, -0.15) is 0 Å². The van der Waals surface area contributed by atoms with Crippen molar-refractivity contribution in [2.24, 2.45) is 0 Å². The summed E-state index contributed by atoms with van der Waals surface area (Å²) in [6.07, 6.45) is 3.75. The third kappa shape index (κ3) is 3.01. The van der Waals surface area contributed by atoms with Crippen LogP contribution in [0.5, 0.6) is 0 Å². The molecule has 0 radical (unpaired) electrons. The van der Waals surface area contributed by atoms with Crippen molar-refractivity contribution < 1.29 is 0 Å². The number of aromatic nitrogens is 1. The monoisotopic (exact) mass is 305 g/mol. The van der Waals surface area contributed by atoms with Crippen molar-refractivity contribution >= 4 is 27.3 Å². The number of rotatable bonds is 3. The smallest absolute Gasteiger partial charge is 0.0601 e. The Morgan fingerprint density at radius 2 is 2.06 bits per heavy atom. The van der Waals surface area contributed by atoms with Crippen LogP contribution in [0.15, 0.2) is 41.1 Å². The summed E-state index contributed by atoms with van der Waals surface area (Å²) < 4.78 is 0.995. The van der Waals surface area contributed by atoms with Crippen molar-refractivity contribution in [3.05, 3.63) is 52.3 Å². The molecule has 0 fully saturated rings. The van der Waals surface area contributed by atoms with E-state index in [0.29, 0.717) is 0 Å². The fourth-order valence-electron chi connectivity index (χ4n) is 1.94. The Morgan fingerprint density at radius 1 is 1.28 bits per heavy atom. The van der Waals surface area contributed by atoms with Gasteiger partial charge in [-0.25, -0.2) is 0 Å². The molecule has 0 saturated heterocycles. The van der Waals surface area contributed by atoms with E-state index in [4.69, 9.17) is 5.73 Å². The van der Waals surface area contributed by atoms with E-state index in [1.807, 2.05) is 44.6 Å². The molecule has 2 aromatic rings. The standard InChI is InChI=1S/C14H16BrN3/c1-10-5-11(8-17-7-10)9-18(2)14-4-3-12(15)6-13(14)16/h3-8H,9,16H2,1-2H3. The molecule has 2 rings (SSSR count). The highest BCUT2D eigenvalue weighted by Crippen LogP contribution is 2.26. The maximum absolute atomic E-state index is 6.02. The maximum atomic E-state index is 6.02. The van der Waals surface area contributed by atoms with Crippen LogP contribution < -0.4 is 10.6 Å². The molecule has 0 unspecified atom stereocenters. The third-order valence-corrected chi connectivity index (χ3v) is 3.25. The Bertz CT molecular complexity index is 554. The first kappa shape index (κ1) is 12.9. The number of hydrogen-bond acceptors (Lipinski definition) is 3. The highest BCUT2D eigenvalue weighted by atomic mass is 79.9. The quantitative estimate of drug-likeness (QED) is 0.884. The van der Waals surface area contributed by atoms with Gasteiger partial charge < -0.3 is 10.6 Å². The third-order valence-electron chi connectivity index (χ3n) is 2.75. The van der Waals surface area contributed by atoms with Crippen molar-refractivity contribution in [3.8, 4) is 0 Å². The minimum atomic E-state index is 0.771. The minimum absolute atomic E-state index is 0.771. The number of nitrogens with zero attached hydrogens (tertiary/aromatic N) is 2. The van der Waals surface area contributed by atoms with Crippen LogP contribution in [-0.2, 0) is 6.54 Å². The van der Waals surface area contributed by atoms with E-state index in [-0.39, 0.29) is 0 Å². The summed E-state index contributed by atoms with van der Waals surface area (Å²) in [6, 6.07) is 8.07. The van der Waals surface area contributed by atoms with Gasteiger partial charge in [0.1, 0.15) is 0 Å². The molecule has 1 heterocycles. The van der Waals surface area contributed by atoms with Crippen LogP contribution in [0.25, 0.3) is 0 Å². The second kappa shape index (κ2) is 5.40. The molecule has 0 spiro atoms. The Balaban J connectivity index is 2.19. The zero-order valence-electron chi connectivity index (χ0n) is 10.5. The van der Waals surface area contributed by atoms with E-state index in [9.17, 15) is 0 Å². The molecule has 18 heavy (non-hydrogen) atoms. The second-order valence-electron chi connectivity index (χ2n) is 4.43. The Hall–Kier alpha value is -1.55. The number of nitrogens with two attached hydrogens (primary N) is 1. The first-order valence-corrected chi connectivity index (χ1v) is 6.52. The van der Waals surface area contributed by atoms with Crippen molar-refractivity contribution in [1.82, 2.24) is 4.98 Å². The van der Waals surface area contributed by atoms with Gasteiger partial charge in [0.15, 0.2) is 0 Å². The molecule has 0 bridgehead atoms. The van der Waals surface area contributed by atoms with Gasteiger partial charge in [-0.15, -0.1) is 0 Å². The van der Waals surface area contributed by atoms with E-state index < -0.39 is 0 Å². The average molecular weight is 306 g/mol. The minimum Gasteiger partial charge on any atom is -0.397 e. The van der Waals surface area contributed by atoms with Crippen LogP contribution in [0.4, 0.5) is 11.4 Å². The van der Waals surface area contributed by atoms with Crippen LogP contribution in [0.3, 0.4) is 0 Å². The lowest BCUT2D eigenvalue weighted by molar-refractivity contribution is 0.914. The van der Waals surface area contributed by atoms with E-state index in [1.54, 1.807) is 0 Å². The van der Waals surface area contributed by atoms with E-state index in [0.717, 1.165) is 22.4 Å². The predicted octanol–water partition coefficient (Wildman–Crippen LogP) is 3.37. The van der Waals surface area contributed by atoms with Gasteiger partial charge in [0, 0.05) is 30.5 Å². The zero-order valence-corrected chi connectivity index (χ0v) is 12.1. The van der Waals surface area contributed by atoms with E-state index >= 15 is 0 Å². The summed E-state index contributed by atoms with van der Waals surface area (Å²) in [6.45, 7) is 2.84. The van der Waals surface area contributed by atoms with Crippen LogP contribution in [-0.4, -0.2) is 12.0 Å². The fraction of sp³-hybridized carbons (Fsp3) is 0.214. The molecule has 0 atom stereocenters. The number of benzene rings is 1. The summed E-state index contributed by atoms with van der Waals surface area (Å²) in [5, 5.41) is 0. The molecule has 0 aliphatic rings. The van der Waals surface area contributed by atoms with Crippen LogP contribution in [0, 0.1) is 6.92 Å². The normalized spacial score (nSPS) is 10.4. The second-order valence-corrected chi connectivity index (χ2v) is 5.35. The first-order valence-electron chi connectivity index (χ1n) is 5.73. The number of halogens is 1. The average Bonchev–Trinajstić information content (AvgIpc) is 2.28. The Morgan fingerprint density at radius 3 is 2.72 bits per heavy atom. The topological polar surface area (TPSA) is 42.2 Å². The molecule has 1 aromatic heterocycles. The van der Waals surface area contributed by atoms with E-state index in [1.165, 1.54) is 11.1 Å². The van der Waals surface area contributed by atoms with Crippen LogP contribution in [0.1, 0.15) is 11.1 Å². The summed E-state index contributed by atoms with van der Waals surface area (Å²) in [5.74, 6) is 0. The van der Waals surface area contributed by atoms with Gasteiger partial charge in [0.05, 0.1) is 11.4 Å². The molecule has 94 valence electrons. The lowest BCUT2D eigenvalue weighted by Crippen LogP contribution is -2.17. The van der Waals surface area contributed by atoms with Crippen molar-refractivity contribution in [3.63, 3.8) is 0 Å². The molecule has 0 amide bonds. The number of pyridine rings is 1. The highest BCUT2D eigenvalue weighted by molar-refractivity contribution is 9.10. The van der Waals surface area contributed by atoms with Gasteiger partial charge in [0.2, 0.25) is 0 Å². The van der Waals surface area contributed by atoms with Gasteiger partial charge in [-0.3, -0.25) is 4.98 Å². The molecule has 0 saturated carbocycles. The number of hydrogen-bond donors (Lipinski definition) is 1. The first-order chi connectivity index (χ1) is 8.56. The highest BCUT2D eigenvalue weighted by Gasteiger charge is 2.06. The van der Waals surface area contributed by atoms with Gasteiger partial charge in [-0.05, 0) is 36.2 Å². The molecule has 3 nitrogen and oxygen atoms in total. The van der Waals surface area contributed by atoms with Crippen LogP contribution in [0.2, 0.25) is 0 Å². The molecule has 2 N–H and O–H groups in total. The van der Waals surface area contributed by atoms with Gasteiger partial charge in [0.25, 0.3) is 0 Å². The molecular formula is C14H16BrN3. The molecule has 1 aromatic carbocycles. The number of anilines is 2. The largest absolute Gasteiger partial charge is 0.397 e. The van der Waals surface area contributed by atoms with Gasteiger partial charge >= 0.3 is 0 Å². The van der Waals surface area contributed by atoms with Crippen molar-refractivity contribution in [1.29, 1.82) is 0 Å². The van der Waals surface area contributed by atoms with Crippen LogP contribution >= 0.6 is 15.9 Å². The summed E-state index contributed by atoms with van der Waals surface area (Å²) in [4.78, 5) is 6.33. The SMILES string of the molecule is Cc1cncc(CN(C)c2ccc(Br)cc2N)c1. The molecular weight excluding hydrogens is 290 g/mol. The maximum Gasteiger partial charge on any atom is 0.0601 e. The summed E-state index contributed by atoms with van der Waals surface area (Å²) in [7, 11) is 2.03. The fourth-order valence-corrected chi connectivity index (χ4v) is 2.31. The van der Waals surface area contributed by atoms with E-state index in [2.05, 4.69) is 31.9 Å². The summed E-state index contributed by atoms with van der Waals surface area (Å²) >= 11 is 3.41. The van der Waals surface area contributed by atoms with Crippen molar-refractivity contribution in [2.75, 3.05) is 17.7 Å². The molecule has 0 aliphatic carbocycles. The Labute approximate surface area is 116 Å².